The zero-order valence-electron chi connectivity index (χ0n) is 11.1. The number of methoxy groups -OCH3 is 1. The predicted molar refractivity (Wildman–Crippen MR) is 72.5 cm³/mol. The summed E-state index contributed by atoms with van der Waals surface area (Å²) in [5, 5.41) is 2.62. The predicted octanol–water partition coefficient (Wildman–Crippen LogP) is 1.82. The van der Waals surface area contributed by atoms with Gasteiger partial charge in [-0.05, 0) is 30.7 Å². The lowest BCUT2D eigenvalue weighted by molar-refractivity contribution is 0.0600. The van der Waals surface area contributed by atoms with Gasteiger partial charge in [0.1, 0.15) is 11.5 Å². The Morgan fingerprint density at radius 3 is 2.45 bits per heavy atom. The molecular weight excluding hydrogens is 258 g/mol. The van der Waals surface area contributed by atoms with Crippen LogP contribution in [0.15, 0.2) is 36.7 Å². The molecule has 6 nitrogen and oxygen atoms in total. The van der Waals surface area contributed by atoms with Crippen LogP contribution in [0.25, 0.3) is 0 Å². The van der Waals surface area contributed by atoms with Crippen LogP contribution < -0.4 is 5.32 Å². The molecule has 6 heteroatoms. The molecule has 0 aliphatic heterocycles. The smallest absolute Gasteiger partial charge is 0.339 e. The third-order valence-electron chi connectivity index (χ3n) is 2.57. The molecule has 2 rings (SSSR count). The molecule has 0 saturated heterocycles. The van der Waals surface area contributed by atoms with E-state index in [1.54, 1.807) is 12.3 Å². The highest BCUT2D eigenvalue weighted by Gasteiger charge is 2.11. The summed E-state index contributed by atoms with van der Waals surface area (Å²) in [5.41, 5.74) is 1.49. The van der Waals surface area contributed by atoms with Crippen molar-refractivity contribution in [1.29, 1.82) is 0 Å². The number of hydrogen-bond donors (Lipinski definition) is 1. The molecule has 2 aromatic heterocycles. The molecule has 0 fully saturated rings. The minimum atomic E-state index is -0.496. The van der Waals surface area contributed by atoms with Crippen molar-refractivity contribution < 1.29 is 14.3 Å². The summed E-state index contributed by atoms with van der Waals surface area (Å²) in [6, 6.07) is 6.48. The summed E-state index contributed by atoms with van der Waals surface area (Å²) in [5.74, 6) is -0.443. The van der Waals surface area contributed by atoms with Gasteiger partial charge in [-0.15, -0.1) is 0 Å². The van der Waals surface area contributed by atoms with E-state index >= 15 is 0 Å². The molecule has 102 valence electrons. The van der Waals surface area contributed by atoms with Crippen molar-refractivity contribution in [2.24, 2.45) is 0 Å². The molecule has 2 aromatic rings. The van der Waals surface area contributed by atoms with Gasteiger partial charge in [0.15, 0.2) is 0 Å². The molecule has 2 heterocycles. The van der Waals surface area contributed by atoms with Crippen LogP contribution in [-0.4, -0.2) is 29.0 Å². The highest BCUT2D eigenvalue weighted by atomic mass is 16.5. The lowest BCUT2D eigenvalue weighted by atomic mass is 10.2. The van der Waals surface area contributed by atoms with Gasteiger partial charge in [0.05, 0.1) is 12.7 Å². The molecule has 0 unspecified atom stereocenters. The standard InChI is InChI=1S/C14H13N3O3/c1-9-3-6-12(16-7-9)17-13(18)11-5-4-10(8-15-11)14(19)20-2/h3-8H,1-2H3,(H,16,17,18). The third kappa shape index (κ3) is 3.17. The number of esters is 1. The van der Waals surface area contributed by atoms with Gasteiger partial charge in [-0.3, -0.25) is 9.78 Å². The summed E-state index contributed by atoms with van der Waals surface area (Å²) < 4.78 is 4.55. The molecule has 1 N–H and O–H groups in total. The SMILES string of the molecule is COC(=O)c1ccc(C(=O)Nc2ccc(C)cn2)nc1. The van der Waals surface area contributed by atoms with Crippen molar-refractivity contribution in [1.82, 2.24) is 9.97 Å². The van der Waals surface area contributed by atoms with E-state index in [9.17, 15) is 9.59 Å². The van der Waals surface area contributed by atoms with Crippen molar-refractivity contribution in [2.75, 3.05) is 12.4 Å². The molecule has 0 aliphatic rings. The molecule has 0 bridgehead atoms. The molecule has 1 amide bonds. The summed E-state index contributed by atoms with van der Waals surface area (Å²) in [6.07, 6.45) is 2.95. The second kappa shape index (κ2) is 5.92. The minimum Gasteiger partial charge on any atom is -0.465 e. The minimum absolute atomic E-state index is 0.194. The van der Waals surface area contributed by atoms with Crippen LogP contribution >= 0.6 is 0 Å². The van der Waals surface area contributed by atoms with Crippen molar-refractivity contribution in [3.8, 4) is 0 Å². The fourth-order valence-corrected chi connectivity index (χ4v) is 1.49. The third-order valence-corrected chi connectivity index (χ3v) is 2.57. The first-order chi connectivity index (χ1) is 9.60. The van der Waals surface area contributed by atoms with E-state index in [2.05, 4.69) is 20.0 Å². The Balaban J connectivity index is 2.09. The van der Waals surface area contributed by atoms with Gasteiger partial charge in [0.2, 0.25) is 0 Å². The number of anilines is 1. The number of rotatable bonds is 3. The second-order valence-electron chi connectivity index (χ2n) is 4.10. The Morgan fingerprint density at radius 1 is 1.10 bits per heavy atom. The number of nitrogens with zero attached hydrogens (tertiary/aromatic N) is 2. The summed E-state index contributed by atoms with van der Waals surface area (Å²) in [7, 11) is 1.28. The molecule has 0 aromatic carbocycles. The number of pyridine rings is 2. The van der Waals surface area contributed by atoms with Crippen LogP contribution in [0.3, 0.4) is 0 Å². The Bertz CT molecular complexity index is 621. The van der Waals surface area contributed by atoms with E-state index in [0.29, 0.717) is 5.82 Å². The lowest BCUT2D eigenvalue weighted by Crippen LogP contribution is -2.15. The lowest BCUT2D eigenvalue weighted by Gasteiger charge is -2.04. The number of aromatic nitrogens is 2. The fourth-order valence-electron chi connectivity index (χ4n) is 1.49. The quantitative estimate of drug-likeness (QED) is 0.861. The highest BCUT2D eigenvalue weighted by molar-refractivity contribution is 6.02. The van der Waals surface area contributed by atoms with Crippen LogP contribution in [0, 0.1) is 6.92 Å². The monoisotopic (exact) mass is 271 g/mol. The van der Waals surface area contributed by atoms with Crippen molar-refractivity contribution in [3.63, 3.8) is 0 Å². The Kier molecular flexibility index (Phi) is 4.05. The molecule has 0 radical (unpaired) electrons. The number of hydrogen-bond acceptors (Lipinski definition) is 5. The maximum atomic E-state index is 11.9. The van der Waals surface area contributed by atoms with Crippen LogP contribution in [0.1, 0.15) is 26.4 Å². The fraction of sp³-hybridized carbons (Fsp3) is 0.143. The molecule has 20 heavy (non-hydrogen) atoms. The van der Waals surface area contributed by atoms with E-state index in [-0.39, 0.29) is 11.3 Å². The van der Waals surface area contributed by atoms with E-state index in [1.807, 2.05) is 13.0 Å². The van der Waals surface area contributed by atoms with Gasteiger partial charge in [0, 0.05) is 12.4 Å². The van der Waals surface area contributed by atoms with Crippen LogP contribution in [0.4, 0.5) is 5.82 Å². The van der Waals surface area contributed by atoms with E-state index in [0.717, 1.165) is 5.56 Å². The topological polar surface area (TPSA) is 81.2 Å². The van der Waals surface area contributed by atoms with Crippen molar-refractivity contribution in [3.05, 3.63) is 53.5 Å². The first kappa shape index (κ1) is 13.7. The first-order valence-electron chi connectivity index (χ1n) is 5.88. The Labute approximate surface area is 115 Å². The van der Waals surface area contributed by atoms with E-state index in [1.165, 1.54) is 25.4 Å². The number of amides is 1. The average molecular weight is 271 g/mol. The molecule has 0 spiro atoms. The first-order valence-corrected chi connectivity index (χ1v) is 5.88. The van der Waals surface area contributed by atoms with E-state index < -0.39 is 11.9 Å². The van der Waals surface area contributed by atoms with Crippen LogP contribution in [0.5, 0.6) is 0 Å². The number of carbonyl (C=O) groups is 2. The van der Waals surface area contributed by atoms with Crippen LogP contribution in [0.2, 0.25) is 0 Å². The van der Waals surface area contributed by atoms with Crippen molar-refractivity contribution >= 4 is 17.7 Å². The molecular formula is C14H13N3O3. The van der Waals surface area contributed by atoms with Gasteiger partial charge >= 0.3 is 5.97 Å². The zero-order valence-corrected chi connectivity index (χ0v) is 11.1. The number of aryl methyl sites for hydroxylation is 1. The number of nitrogens with one attached hydrogen (secondary N) is 1. The van der Waals surface area contributed by atoms with Gasteiger partial charge in [-0.1, -0.05) is 6.07 Å². The number of ether oxygens (including phenoxy) is 1. The average Bonchev–Trinajstić information content (AvgIpc) is 2.49. The highest BCUT2D eigenvalue weighted by Crippen LogP contribution is 2.07. The Hall–Kier alpha value is -2.76. The maximum absolute atomic E-state index is 11.9. The molecule has 0 atom stereocenters. The number of carbonyl (C=O) groups excluding carboxylic acids is 2. The van der Waals surface area contributed by atoms with Gasteiger partial charge in [-0.25, -0.2) is 9.78 Å². The van der Waals surface area contributed by atoms with Gasteiger partial charge < -0.3 is 10.1 Å². The maximum Gasteiger partial charge on any atom is 0.339 e. The van der Waals surface area contributed by atoms with E-state index in [4.69, 9.17) is 0 Å². The van der Waals surface area contributed by atoms with Gasteiger partial charge in [-0.2, -0.15) is 0 Å². The molecule has 0 saturated carbocycles. The summed E-state index contributed by atoms with van der Waals surface area (Å²) in [4.78, 5) is 31.2. The molecule has 0 aliphatic carbocycles. The summed E-state index contributed by atoms with van der Waals surface area (Å²) >= 11 is 0. The van der Waals surface area contributed by atoms with Gasteiger partial charge in [0.25, 0.3) is 5.91 Å². The van der Waals surface area contributed by atoms with Crippen LogP contribution in [-0.2, 0) is 4.74 Å². The normalized spacial score (nSPS) is 9.90. The largest absolute Gasteiger partial charge is 0.465 e. The zero-order chi connectivity index (χ0) is 14.5. The van der Waals surface area contributed by atoms with Crippen molar-refractivity contribution in [2.45, 2.75) is 6.92 Å². The Morgan fingerprint density at radius 2 is 1.90 bits per heavy atom. The summed E-state index contributed by atoms with van der Waals surface area (Å²) in [6.45, 7) is 1.91. The second-order valence-corrected chi connectivity index (χ2v) is 4.10.